The molecule has 0 spiro atoms. The lowest BCUT2D eigenvalue weighted by Crippen LogP contribution is -2.13. The van der Waals surface area contributed by atoms with E-state index in [0.717, 1.165) is 5.56 Å². The molecule has 0 aliphatic carbocycles. The van der Waals surface area contributed by atoms with Crippen LogP contribution < -0.4 is 4.72 Å². The molecule has 0 amide bonds. The number of anilines is 1. The number of hydrogen-bond acceptors (Lipinski definition) is 5. The van der Waals surface area contributed by atoms with E-state index in [4.69, 9.17) is 4.52 Å². The Kier molecular flexibility index (Phi) is 3.22. The number of nitrogens with one attached hydrogen (secondary N) is 1. The zero-order valence-electron chi connectivity index (χ0n) is 11.1. The molecule has 7 nitrogen and oxygen atoms in total. The van der Waals surface area contributed by atoms with Gasteiger partial charge in [-0.05, 0) is 24.3 Å². The highest BCUT2D eigenvalue weighted by atomic mass is 32.2. The van der Waals surface area contributed by atoms with Gasteiger partial charge < -0.3 is 9.09 Å². The van der Waals surface area contributed by atoms with Crippen molar-refractivity contribution in [2.75, 3.05) is 4.72 Å². The van der Waals surface area contributed by atoms with Crippen LogP contribution in [0.15, 0.2) is 58.6 Å². The van der Waals surface area contributed by atoms with E-state index >= 15 is 0 Å². The normalized spacial score (nSPS) is 11.5. The molecule has 8 heteroatoms. The van der Waals surface area contributed by atoms with E-state index in [9.17, 15) is 8.42 Å². The predicted octanol–water partition coefficient (Wildman–Crippen LogP) is 1.88. The Balaban J connectivity index is 1.82. The summed E-state index contributed by atoms with van der Waals surface area (Å²) in [6.45, 7) is 0. The first kappa shape index (κ1) is 13.4. The Bertz CT molecular complexity index is 836. The van der Waals surface area contributed by atoms with Crippen molar-refractivity contribution >= 4 is 15.7 Å². The fourth-order valence-electron chi connectivity index (χ4n) is 1.80. The third-order valence-electron chi connectivity index (χ3n) is 2.82. The molecule has 0 bridgehead atoms. The van der Waals surface area contributed by atoms with Crippen molar-refractivity contribution in [3.63, 3.8) is 0 Å². The summed E-state index contributed by atoms with van der Waals surface area (Å²) in [5, 5.41) is 3.60. The van der Waals surface area contributed by atoms with Crippen molar-refractivity contribution in [1.29, 1.82) is 0 Å². The van der Waals surface area contributed by atoms with Gasteiger partial charge in [-0.15, -0.1) is 0 Å². The van der Waals surface area contributed by atoms with Gasteiger partial charge in [-0.2, -0.15) is 8.42 Å². The second kappa shape index (κ2) is 5.06. The van der Waals surface area contributed by atoms with Crippen LogP contribution in [-0.2, 0) is 17.1 Å². The molecule has 0 saturated carbocycles. The zero-order chi connectivity index (χ0) is 14.9. The molecule has 21 heavy (non-hydrogen) atoms. The molecular weight excluding hydrogens is 292 g/mol. The Labute approximate surface area is 121 Å². The maximum atomic E-state index is 12.1. The Morgan fingerprint density at radius 2 is 1.95 bits per heavy atom. The first-order valence-electron chi connectivity index (χ1n) is 6.06. The minimum Gasteiger partial charge on any atom is -0.356 e. The molecule has 0 aliphatic heterocycles. The van der Waals surface area contributed by atoms with Gasteiger partial charge in [-0.3, -0.25) is 4.72 Å². The summed E-state index contributed by atoms with van der Waals surface area (Å²) in [5.41, 5.74) is 1.26. The highest BCUT2D eigenvalue weighted by Gasteiger charge is 2.17. The van der Waals surface area contributed by atoms with Gasteiger partial charge in [0.05, 0.1) is 12.5 Å². The maximum absolute atomic E-state index is 12.1. The van der Waals surface area contributed by atoms with Gasteiger partial charge in [0.1, 0.15) is 0 Å². The molecule has 3 aromatic rings. The quantitative estimate of drug-likeness (QED) is 0.794. The summed E-state index contributed by atoms with van der Waals surface area (Å²) in [6, 6.07) is 8.53. The number of aryl methyl sites for hydroxylation is 1. The fraction of sp³-hybridized carbons (Fsp3) is 0.0769. The maximum Gasteiger partial charge on any atom is 0.280 e. The standard InChI is InChI=1S/C13H12N4O3S/c1-17-8-13(14-9-17)21(18,19)16-11-4-2-10(3-5-11)12-6-7-15-20-12/h2-9,16H,1H3. The van der Waals surface area contributed by atoms with Gasteiger partial charge in [0.2, 0.25) is 0 Å². The molecule has 0 unspecified atom stereocenters. The molecule has 2 heterocycles. The monoisotopic (exact) mass is 304 g/mol. The lowest BCUT2D eigenvalue weighted by Gasteiger charge is -2.06. The zero-order valence-corrected chi connectivity index (χ0v) is 11.9. The number of sulfonamides is 1. The largest absolute Gasteiger partial charge is 0.356 e. The van der Waals surface area contributed by atoms with Gasteiger partial charge in [-0.25, -0.2) is 4.98 Å². The second-order valence-corrected chi connectivity index (χ2v) is 6.07. The van der Waals surface area contributed by atoms with Gasteiger partial charge in [0.15, 0.2) is 10.8 Å². The van der Waals surface area contributed by atoms with Crippen LogP contribution in [0, 0.1) is 0 Å². The predicted molar refractivity (Wildman–Crippen MR) is 76.0 cm³/mol. The van der Waals surface area contributed by atoms with Crippen molar-refractivity contribution in [3.8, 4) is 11.3 Å². The average molecular weight is 304 g/mol. The molecule has 1 aromatic carbocycles. The molecule has 1 N–H and O–H groups in total. The van der Waals surface area contributed by atoms with Gasteiger partial charge in [0, 0.05) is 30.6 Å². The second-order valence-electron chi connectivity index (χ2n) is 4.44. The molecule has 108 valence electrons. The Morgan fingerprint density at radius 1 is 1.19 bits per heavy atom. The first-order valence-corrected chi connectivity index (χ1v) is 7.55. The molecule has 0 atom stereocenters. The van der Waals surface area contributed by atoms with Crippen molar-refractivity contribution in [2.24, 2.45) is 7.05 Å². The average Bonchev–Trinajstić information content (AvgIpc) is 3.10. The smallest absolute Gasteiger partial charge is 0.280 e. The molecule has 0 fully saturated rings. The molecule has 0 radical (unpaired) electrons. The summed E-state index contributed by atoms with van der Waals surface area (Å²) >= 11 is 0. The molecule has 0 aliphatic rings. The molecular formula is C13H12N4O3S. The molecule has 0 saturated heterocycles. The van der Waals surface area contributed by atoms with Crippen LogP contribution in [0.3, 0.4) is 0 Å². The van der Waals surface area contributed by atoms with Crippen LogP contribution in [0.25, 0.3) is 11.3 Å². The summed E-state index contributed by atoms with van der Waals surface area (Å²) in [6.07, 6.45) is 4.42. The van der Waals surface area contributed by atoms with E-state index in [-0.39, 0.29) is 5.03 Å². The van der Waals surface area contributed by atoms with E-state index in [1.165, 1.54) is 12.5 Å². The fourth-order valence-corrected chi connectivity index (χ4v) is 2.84. The number of nitrogens with zero attached hydrogens (tertiary/aromatic N) is 3. The summed E-state index contributed by atoms with van der Waals surface area (Å²) in [5.74, 6) is 0.620. The minimum absolute atomic E-state index is 0.0238. The third kappa shape index (κ3) is 2.79. The van der Waals surface area contributed by atoms with E-state index in [0.29, 0.717) is 11.4 Å². The van der Waals surface area contributed by atoms with Crippen LogP contribution in [-0.4, -0.2) is 23.1 Å². The van der Waals surface area contributed by atoms with Gasteiger partial charge >= 0.3 is 0 Å². The topological polar surface area (TPSA) is 90.0 Å². The van der Waals surface area contributed by atoms with Crippen LogP contribution in [0.1, 0.15) is 0 Å². The first-order chi connectivity index (χ1) is 10.0. The summed E-state index contributed by atoms with van der Waals surface area (Å²) < 4.78 is 33.3. The van der Waals surface area contributed by atoms with Crippen molar-refractivity contribution in [1.82, 2.24) is 14.7 Å². The van der Waals surface area contributed by atoms with Crippen LogP contribution in [0.2, 0.25) is 0 Å². The SMILES string of the molecule is Cn1cnc(S(=O)(=O)Nc2ccc(-c3ccno3)cc2)c1. The van der Waals surface area contributed by atoms with Gasteiger partial charge in [-0.1, -0.05) is 5.16 Å². The number of aromatic nitrogens is 3. The Hall–Kier alpha value is -2.61. The minimum atomic E-state index is -3.68. The van der Waals surface area contributed by atoms with E-state index in [1.54, 1.807) is 48.1 Å². The van der Waals surface area contributed by atoms with Crippen LogP contribution >= 0.6 is 0 Å². The highest BCUT2D eigenvalue weighted by molar-refractivity contribution is 7.92. The van der Waals surface area contributed by atoms with Crippen LogP contribution in [0.5, 0.6) is 0 Å². The molecule has 3 rings (SSSR count). The number of hydrogen-bond donors (Lipinski definition) is 1. The van der Waals surface area contributed by atoms with Gasteiger partial charge in [0.25, 0.3) is 10.0 Å². The number of imidazole rings is 1. The third-order valence-corrected chi connectivity index (χ3v) is 4.08. The van der Waals surface area contributed by atoms with E-state index in [2.05, 4.69) is 14.9 Å². The number of benzene rings is 1. The van der Waals surface area contributed by atoms with E-state index < -0.39 is 10.0 Å². The van der Waals surface area contributed by atoms with Crippen LogP contribution in [0.4, 0.5) is 5.69 Å². The lowest BCUT2D eigenvalue weighted by molar-refractivity contribution is 0.432. The summed E-state index contributed by atoms with van der Waals surface area (Å²) in [4.78, 5) is 3.83. The van der Waals surface area contributed by atoms with E-state index in [1.807, 2.05) is 0 Å². The van der Waals surface area contributed by atoms with Crippen molar-refractivity contribution in [3.05, 3.63) is 49.1 Å². The number of rotatable bonds is 4. The molecule has 2 aromatic heterocycles. The van der Waals surface area contributed by atoms with Crippen molar-refractivity contribution < 1.29 is 12.9 Å². The summed E-state index contributed by atoms with van der Waals surface area (Å²) in [7, 11) is -1.97. The van der Waals surface area contributed by atoms with Crippen molar-refractivity contribution in [2.45, 2.75) is 5.03 Å². The Morgan fingerprint density at radius 3 is 2.52 bits per heavy atom. The lowest BCUT2D eigenvalue weighted by atomic mass is 10.1. The highest BCUT2D eigenvalue weighted by Crippen LogP contribution is 2.22.